The van der Waals surface area contributed by atoms with Gasteiger partial charge < -0.3 is 10.2 Å². The lowest BCUT2D eigenvalue weighted by atomic mass is 10.0. The van der Waals surface area contributed by atoms with Crippen LogP contribution in [-0.4, -0.2) is 56.7 Å². The Morgan fingerprint density at radius 3 is 2.66 bits per heavy atom. The molecule has 38 heavy (non-hydrogen) atoms. The number of H-pyrrole nitrogens is 1. The summed E-state index contributed by atoms with van der Waals surface area (Å²) in [4.78, 5) is 32.8. The van der Waals surface area contributed by atoms with Crippen LogP contribution in [0.1, 0.15) is 47.4 Å². The van der Waals surface area contributed by atoms with Crippen molar-refractivity contribution in [2.24, 2.45) is 0 Å². The second-order valence-electron chi connectivity index (χ2n) is 9.70. The van der Waals surface area contributed by atoms with Gasteiger partial charge in [0.25, 0.3) is 11.5 Å². The van der Waals surface area contributed by atoms with E-state index in [1.165, 1.54) is 29.1 Å². The average molecular weight is 525 g/mol. The molecule has 198 valence electrons. The van der Waals surface area contributed by atoms with Crippen LogP contribution < -0.4 is 10.9 Å². The molecule has 1 amide bonds. The first-order valence-electron chi connectivity index (χ1n) is 12.3. The van der Waals surface area contributed by atoms with E-state index in [0.29, 0.717) is 5.56 Å². The van der Waals surface area contributed by atoms with E-state index in [-0.39, 0.29) is 39.5 Å². The normalized spacial score (nSPS) is 16.0. The highest BCUT2D eigenvalue weighted by atomic mass is 19.4. The molecule has 0 spiro atoms. The molecule has 1 atom stereocenters. The number of aromatic amines is 1. The van der Waals surface area contributed by atoms with Crippen molar-refractivity contribution in [1.82, 2.24) is 30.0 Å². The third kappa shape index (κ3) is 5.06. The molecule has 8 nitrogen and oxygen atoms in total. The number of piperidine rings is 1. The van der Waals surface area contributed by atoms with E-state index in [4.69, 9.17) is 0 Å². The van der Waals surface area contributed by atoms with Gasteiger partial charge in [0.05, 0.1) is 29.5 Å². The quantitative estimate of drug-likeness (QED) is 0.407. The Hall–Kier alpha value is -3.99. The molecular formula is C27H27F3N6O2. The number of nitrogens with zero attached hydrogens (tertiary/aromatic N) is 4. The summed E-state index contributed by atoms with van der Waals surface area (Å²) in [6.07, 6.45) is -0.314. The van der Waals surface area contributed by atoms with Crippen LogP contribution in [0.5, 0.6) is 0 Å². The van der Waals surface area contributed by atoms with Crippen LogP contribution in [0.15, 0.2) is 59.8 Å². The van der Waals surface area contributed by atoms with E-state index in [1.54, 1.807) is 18.2 Å². The molecule has 11 heteroatoms. The predicted molar refractivity (Wildman–Crippen MR) is 137 cm³/mol. The number of carbonyl (C=O) groups excluding carboxylic acids is 1. The highest BCUT2D eigenvalue weighted by Gasteiger charge is 2.36. The maximum Gasteiger partial charge on any atom is 0.433 e. The number of hydrogen-bond acceptors (Lipinski definition) is 5. The highest BCUT2D eigenvalue weighted by molar-refractivity contribution is 5.94. The fourth-order valence-electron chi connectivity index (χ4n) is 4.82. The van der Waals surface area contributed by atoms with Gasteiger partial charge in [-0.2, -0.15) is 18.3 Å². The Labute approximate surface area is 216 Å². The number of benzene rings is 2. The van der Waals surface area contributed by atoms with Gasteiger partial charge >= 0.3 is 6.18 Å². The number of alkyl halides is 3. The van der Waals surface area contributed by atoms with Gasteiger partial charge in [-0.15, -0.1) is 0 Å². The van der Waals surface area contributed by atoms with Crippen molar-refractivity contribution in [2.45, 2.75) is 38.0 Å². The molecule has 1 aliphatic heterocycles. The molecule has 0 unspecified atom stereocenters. The number of aromatic nitrogens is 4. The topological polar surface area (TPSA) is 95.9 Å². The van der Waals surface area contributed by atoms with Crippen LogP contribution in [0, 0.1) is 0 Å². The van der Waals surface area contributed by atoms with Crippen LogP contribution in [0.2, 0.25) is 0 Å². The van der Waals surface area contributed by atoms with Crippen molar-refractivity contribution < 1.29 is 18.0 Å². The van der Waals surface area contributed by atoms with E-state index in [0.717, 1.165) is 37.7 Å². The molecule has 0 bridgehead atoms. The van der Waals surface area contributed by atoms with Crippen LogP contribution in [-0.2, 0) is 6.18 Å². The van der Waals surface area contributed by atoms with Crippen molar-refractivity contribution in [3.05, 3.63) is 82.2 Å². The van der Waals surface area contributed by atoms with Crippen LogP contribution in [0.3, 0.4) is 0 Å². The Morgan fingerprint density at radius 2 is 1.92 bits per heavy atom. The van der Waals surface area contributed by atoms with E-state index < -0.39 is 17.9 Å². The lowest BCUT2D eigenvalue weighted by molar-refractivity contribution is -0.140. The zero-order valence-electron chi connectivity index (χ0n) is 20.9. The van der Waals surface area contributed by atoms with Gasteiger partial charge in [-0.1, -0.05) is 18.2 Å². The standard InChI is InChI=1S/C27H27F3N6O2/c1-16(17-4-3-5-19(12-17)25(37)33-20-8-10-35(2)11-9-20)36-15-31-23-13-18(6-7-21(23)26(36)38)22-14-32-34-24(22)27(28,29)30/h3-7,12-16,20H,8-11H2,1-2H3,(H,32,34)(H,33,37)/t16-/m1/s1. The second kappa shape index (κ2) is 10.1. The number of hydrogen-bond donors (Lipinski definition) is 2. The molecule has 1 aliphatic rings. The van der Waals surface area contributed by atoms with Crippen molar-refractivity contribution >= 4 is 16.8 Å². The number of fused-ring (bicyclic) bond motifs is 1. The monoisotopic (exact) mass is 524 g/mol. The summed E-state index contributed by atoms with van der Waals surface area (Å²) < 4.78 is 41.3. The van der Waals surface area contributed by atoms with Crippen LogP contribution in [0.25, 0.3) is 22.0 Å². The average Bonchev–Trinajstić information content (AvgIpc) is 3.41. The third-order valence-corrected chi connectivity index (χ3v) is 7.12. The first-order valence-corrected chi connectivity index (χ1v) is 12.3. The number of amides is 1. The molecule has 0 aliphatic carbocycles. The second-order valence-corrected chi connectivity index (χ2v) is 9.70. The van der Waals surface area contributed by atoms with Gasteiger partial charge in [0, 0.05) is 17.2 Å². The Kier molecular flexibility index (Phi) is 6.78. The van der Waals surface area contributed by atoms with Gasteiger partial charge in [-0.25, -0.2) is 4.98 Å². The molecule has 2 aromatic carbocycles. The van der Waals surface area contributed by atoms with Crippen molar-refractivity contribution in [3.8, 4) is 11.1 Å². The first kappa shape index (κ1) is 25.7. The highest BCUT2D eigenvalue weighted by Crippen LogP contribution is 2.35. The molecule has 4 aromatic rings. The molecular weight excluding hydrogens is 497 g/mol. The lowest BCUT2D eigenvalue weighted by Gasteiger charge is -2.29. The van der Waals surface area contributed by atoms with Gasteiger partial charge in [0.1, 0.15) is 5.69 Å². The van der Waals surface area contributed by atoms with Crippen LogP contribution >= 0.6 is 0 Å². The SMILES string of the molecule is C[C@H](c1cccc(C(=O)NC2CCN(C)CC2)c1)n1cnc2cc(-c3cn[nH]c3C(F)(F)F)ccc2c1=O. The third-order valence-electron chi connectivity index (χ3n) is 7.12. The van der Waals surface area contributed by atoms with Gasteiger partial charge in [-0.3, -0.25) is 19.3 Å². The molecule has 2 N–H and O–H groups in total. The van der Waals surface area contributed by atoms with E-state index in [1.807, 2.05) is 18.1 Å². The van der Waals surface area contributed by atoms with Crippen molar-refractivity contribution in [3.63, 3.8) is 0 Å². The zero-order chi connectivity index (χ0) is 27.0. The fourth-order valence-corrected chi connectivity index (χ4v) is 4.82. The zero-order valence-corrected chi connectivity index (χ0v) is 20.9. The predicted octanol–water partition coefficient (Wildman–Crippen LogP) is 4.24. The van der Waals surface area contributed by atoms with Gasteiger partial charge in [-0.05, 0) is 75.3 Å². The van der Waals surface area contributed by atoms with Crippen LogP contribution in [0.4, 0.5) is 13.2 Å². The largest absolute Gasteiger partial charge is 0.433 e. The summed E-state index contributed by atoms with van der Waals surface area (Å²) >= 11 is 0. The molecule has 2 aromatic heterocycles. The van der Waals surface area contributed by atoms with Gasteiger partial charge in [0.15, 0.2) is 0 Å². The van der Waals surface area contributed by atoms with E-state index in [9.17, 15) is 22.8 Å². The summed E-state index contributed by atoms with van der Waals surface area (Å²) in [7, 11) is 2.06. The minimum atomic E-state index is -4.59. The lowest BCUT2D eigenvalue weighted by Crippen LogP contribution is -2.43. The molecule has 1 fully saturated rings. The summed E-state index contributed by atoms with van der Waals surface area (Å²) in [6, 6.07) is 11.2. The fraction of sp³-hybridized carbons (Fsp3) is 0.333. The minimum absolute atomic E-state index is 0.117. The number of carbonyl (C=O) groups is 1. The smallest absolute Gasteiger partial charge is 0.349 e. The summed E-state index contributed by atoms with van der Waals surface area (Å²) in [5.41, 5.74) is 0.386. The van der Waals surface area contributed by atoms with Gasteiger partial charge in [0.2, 0.25) is 0 Å². The summed E-state index contributed by atoms with van der Waals surface area (Å²) in [5, 5.41) is 8.90. The maximum absolute atomic E-state index is 13.3. The first-order chi connectivity index (χ1) is 18.1. The maximum atomic E-state index is 13.3. The number of rotatable bonds is 5. The summed E-state index contributed by atoms with van der Waals surface area (Å²) in [5.74, 6) is -0.150. The molecule has 3 heterocycles. The van der Waals surface area contributed by atoms with Crippen molar-refractivity contribution in [2.75, 3.05) is 20.1 Å². The minimum Gasteiger partial charge on any atom is -0.349 e. The molecule has 1 saturated heterocycles. The number of likely N-dealkylation sites (tertiary alicyclic amines) is 1. The number of halogens is 3. The Morgan fingerprint density at radius 1 is 1.16 bits per heavy atom. The molecule has 0 saturated carbocycles. The van der Waals surface area contributed by atoms with Crippen molar-refractivity contribution in [1.29, 1.82) is 0 Å². The summed E-state index contributed by atoms with van der Waals surface area (Å²) in [6.45, 7) is 3.71. The molecule has 5 rings (SSSR count). The Balaban J connectivity index is 1.40. The van der Waals surface area contributed by atoms with E-state index >= 15 is 0 Å². The number of nitrogens with one attached hydrogen (secondary N) is 2. The van der Waals surface area contributed by atoms with E-state index in [2.05, 4.69) is 27.3 Å². The Bertz CT molecular complexity index is 1540. The molecule has 0 radical (unpaired) electrons.